The molecule has 0 spiro atoms. The van der Waals surface area contributed by atoms with Crippen LogP contribution in [0.1, 0.15) is 28.3 Å². The summed E-state index contributed by atoms with van der Waals surface area (Å²) >= 11 is 0. The van der Waals surface area contributed by atoms with Gasteiger partial charge in [0.1, 0.15) is 18.2 Å². The minimum absolute atomic E-state index is 0.0242. The van der Waals surface area contributed by atoms with Crippen LogP contribution in [0.4, 0.5) is 10.1 Å². The van der Waals surface area contributed by atoms with Crippen molar-refractivity contribution in [3.8, 4) is 6.07 Å². The molecule has 2 fully saturated rings. The molecule has 2 aromatic rings. The summed E-state index contributed by atoms with van der Waals surface area (Å²) in [6, 6.07) is 12.7. The van der Waals surface area contributed by atoms with E-state index >= 15 is 0 Å². The number of halogens is 1. The highest BCUT2D eigenvalue weighted by Gasteiger charge is 2.35. The number of hydrazine groups is 1. The molecule has 0 saturated carbocycles. The molecule has 2 aliphatic heterocycles. The van der Waals surface area contributed by atoms with E-state index in [0.717, 1.165) is 36.4 Å². The van der Waals surface area contributed by atoms with E-state index in [0.29, 0.717) is 25.1 Å². The normalized spacial score (nSPS) is 20.7. The number of fused-ring (bicyclic) bond motifs is 1. The van der Waals surface area contributed by atoms with E-state index in [1.54, 1.807) is 13.0 Å². The third-order valence-electron chi connectivity index (χ3n) is 6.70. The summed E-state index contributed by atoms with van der Waals surface area (Å²) in [6.45, 7) is 5.37. The standard InChI is InChI=1S/C24H29FN8O/c1-16-20(6-7-22(25)21(16)11-26)23-14-31-8-9-32(13-19(31)12-29-23)24(34)10-17-2-4-18(5-3-17)33(28)15-30-27/h2-7,15,19,23,29H,8-10,12-14,27-28H2,1H3/b30-15-. The van der Waals surface area contributed by atoms with Gasteiger partial charge >= 0.3 is 0 Å². The van der Waals surface area contributed by atoms with Crippen LogP contribution in [-0.2, 0) is 11.2 Å². The van der Waals surface area contributed by atoms with Gasteiger partial charge in [-0.3, -0.25) is 14.7 Å². The highest BCUT2D eigenvalue weighted by Crippen LogP contribution is 2.27. The summed E-state index contributed by atoms with van der Waals surface area (Å²) in [5.74, 6) is 10.5. The minimum atomic E-state index is -0.482. The van der Waals surface area contributed by atoms with Gasteiger partial charge in [0.2, 0.25) is 5.91 Å². The van der Waals surface area contributed by atoms with Gasteiger partial charge in [-0.1, -0.05) is 18.2 Å². The summed E-state index contributed by atoms with van der Waals surface area (Å²) in [6.07, 6.45) is 1.63. The lowest BCUT2D eigenvalue weighted by Gasteiger charge is -2.47. The van der Waals surface area contributed by atoms with Gasteiger partial charge in [0.15, 0.2) is 0 Å². The van der Waals surface area contributed by atoms with Crippen LogP contribution in [0.2, 0.25) is 0 Å². The molecule has 0 aliphatic carbocycles. The molecule has 34 heavy (non-hydrogen) atoms. The first kappa shape index (κ1) is 23.6. The maximum atomic E-state index is 13.9. The molecule has 0 bridgehead atoms. The second-order valence-electron chi connectivity index (χ2n) is 8.71. The zero-order valence-electron chi connectivity index (χ0n) is 19.1. The van der Waals surface area contributed by atoms with Gasteiger partial charge in [-0.15, -0.1) is 0 Å². The Morgan fingerprint density at radius 3 is 2.76 bits per heavy atom. The number of nitrogens with two attached hydrogens (primary N) is 2. The first-order chi connectivity index (χ1) is 16.4. The van der Waals surface area contributed by atoms with Crippen molar-refractivity contribution in [2.45, 2.75) is 25.4 Å². The van der Waals surface area contributed by atoms with Crippen LogP contribution in [0.25, 0.3) is 0 Å². The largest absolute Gasteiger partial charge is 0.340 e. The molecule has 0 radical (unpaired) electrons. The summed E-state index contributed by atoms with van der Waals surface area (Å²) in [5, 5.41) is 17.5. The number of nitrogens with one attached hydrogen (secondary N) is 1. The lowest BCUT2D eigenvalue weighted by molar-refractivity contribution is -0.134. The molecule has 0 aromatic heterocycles. The van der Waals surface area contributed by atoms with Gasteiger partial charge in [0.05, 0.1) is 17.7 Å². The van der Waals surface area contributed by atoms with Gasteiger partial charge in [-0.25, -0.2) is 10.2 Å². The quantitative estimate of drug-likeness (QED) is 0.261. The van der Waals surface area contributed by atoms with Crippen molar-refractivity contribution in [3.63, 3.8) is 0 Å². The Morgan fingerprint density at radius 2 is 2.06 bits per heavy atom. The number of rotatable bonds is 5. The molecule has 2 saturated heterocycles. The summed E-state index contributed by atoms with van der Waals surface area (Å²) in [5.41, 5.74) is 3.38. The summed E-state index contributed by atoms with van der Waals surface area (Å²) < 4.78 is 13.9. The number of hydrogen-bond acceptors (Lipinski definition) is 7. The molecule has 5 N–H and O–H groups in total. The lowest BCUT2D eigenvalue weighted by Crippen LogP contribution is -2.62. The van der Waals surface area contributed by atoms with Crippen LogP contribution >= 0.6 is 0 Å². The lowest BCUT2D eigenvalue weighted by atomic mass is 9.93. The third kappa shape index (κ3) is 4.87. The van der Waals surface area contributed by atoms with Crippen molar-refractivity contribution < 1.29 is 9.18 Å². The Kier molecular flexibility index (Phi) is 7.07. The number of carbonyl (C=O) groups is 1. The van der Waals surface area contributed by atoms with Gasteiger partial charge in [-0.2, -0.15) is 10.4 Å². The number of amides is 1. The maximum absolute atomic E-state index is 13.9. The zero-order valence-corrected chi connectivity index (χ0v) is 19.1. The molecule has 2 heterocycles. The maximum Gasteiger partial charge on any atom is 0.227 e. The fourth-order valence-electron chi connectivity index (χ4n) is 4.76. The monoisotopic (exact) mass is 464 g/mol. The summed E-state index contributed by atoms with van der Waals surface area (Å²) in [4.78, 5) is 17.2. The van der Waals surface area contributed by atoms with E-state index in [1.165, 1.54) is 17.4 Å². The Labute approximate surface area is 198 Å². The van der Waals surface area contributed by atoms with Gasteiger partial charge in [0, 0.05) is 44.8 Å². The highest BCUT2D eigenvalue weighted by molar-refractivity contribution is 5.80. The van der Waals surface area contributed by atoms with E-state index in [1.807, 2.05) is 35.2 Å². The number of benzene rings is 2. The molecule has 9 nitrogen and oxygen atoms in total. The van der Waals surface area contributed by atoms with Crippen molar-refractivity contribution in [1.29, 1.82) is 5.26 Å². The van der Waals surface area contributed by atoms with Crippen LogP contribution in [0.5, 0.6) is 0 Å². The van der Waals surface area contributed by atoms with Crippen molar-refractivity contribution >= 4 is 17.9 Å². The van der Waals surface area contributed by atoms with Crippen LogP contribution < -0.4 is 22.0 Å². The second-order valence-corrected chi connectivity index (χ2v) is 8.71. The molecule has 178 valence electrons. The van der Waals surface area contributed by atoms with Crippen LogP contribution in [-0.4, -0.2) is 60.8 Å². The topological polar surface area (TPSA) is 127 Å². The van der Waals surface area contributed by atoms with Crippen molar-refractivity contribution in [2.75, 3.05) is 37.7 Å². The first-order valence-corrected chi connectivity index (χ1v) is 11.2. The van der Waals surface area contributed by atoms with E-state index < -0.39 is 5.82 Å². The van der Waals surface area contributed by atoms with E-state index in [-0.39, 0.29) is 23.6 Å². The zero-order chi connectivity index (χ0) is 24.2. The molecule has 10 heteroatoms. The van der Waals surface area contributed by atoms with Gasteiger partial charge in [0.25, 0.3) is 0 Å². The smallest absolute Gasteiger partial charge is 0.227 e. The predicted octanol–water partition coefficient (Wildman–Crippen LogP) is 0.988. The molecule has 1 amide bonds. The van der Waals surface area contributed by atoms with Gasteiger partial charge < -0.3 is 16.1 Å². The molecule has 2 aliphatic rings. The number of hydrazone groups is 1. The van der Waals surface area contributed by atoms with Crippen LogP contribution in [0, 0.1) is 24.1 Å². The number of anilines is 1. The highest BCUT2D eigenvalue weighted by atomic mass is 19.1. The molecule has 2 aromatic carbocycles. The number of nitrogens with zero attached hydrogens (tertiary/aromatic N) is 5. The molecule has 2 atom stereocenters. The Hall–Kier alpha value is -3.52. The van der Waals surface area contributed by atoms with Crippen molar-refractivity contribution in [3.05, 3.63) is 64.5 Å². The number of nitriles is 1. The fourth-order valence-corrected chi connectivity index (χ4v) is 4.76. The van der Waals surface area contributed by atoms with Crippen LogP contribution in [0.3, 0.4) is 0 Å². The Balaban J connectivity index is 1.35. The predicted molar refractivity (Wildman–Crippen MR) is 128 cm³/mol. The van der Waals surface area contributed by atoms with Crippen molar-refractivity contribution in [1.82, 2.24) is 15.1 Å². The summed E-state index contributed by atoms with van der Waals surface area (Å²) in [7, 11) is 0. The minimum Gasteiger partial charge on any atom is -0.340 e. The molecule has 4 rings (SSSR count). The van der Waals surface area contributed by atoms with E-state index in [9.17, 15) is 14.4 Å². The Morgan fingerprint density at radius 1 is 1.29 bits per heavy atom. The number of hydrogen-bond donors (Lipinski definition) is 3. The second kappa shape index (κ2) is 10.2. The molecule has 2 unspecified atom stereocenters. The number of carbonyl (C=O) groups excluding carboxylic acids is 1. The molecular weight excluding hydrogens is 435 g/mol. The van der Waals surface area contributed by atoms with E-state index in [2.05, 4.69) is 15.3 Å². The molecular formula is C24H29FN8O. The average molecular weight is 465 g/mol. The van der Waals surface area contributed by atoms with Crippen LogP contribution in [0.15, 0.2) is 41.5 Å². The van der Waals surface area contributed by atoms with Crippen molar-refractivity contribution in [2.24, 2.45) is 16.8 Å². The number of piperazine rings is 2. The SMILES string of the molecule is Cc1c(C2CN3CCN(C(=O)Cc4ccc(N(N)/C=N\N)cc4)CC3CN2)ccc(F)c1C#N. The average Bonchev–Trinajstić information content (AvgIpc) is 2.84. The fraction of sp³-hybridized carbons (Fsp3) is 0.375. The van der Waals surface area contributed by atoms with Gasteiger partial charge in [-0.05, 0) is 41.8 Å². The Bertz CT molecular complexity index is 1110. The van der Waals surface area contributed by atoms with E-state index in [4.69, 9.17) is 11.7 Å². The third-order valence-corrected chi connectivity index (χ3v) is 6.70. The first-order valence-electron chi connectivity index (χ1n) is 11.2.